The van der Waals surface area contributed by atoms with Gasteiger partial charge in [0.1, 0.15) is 0 Å². The van der Waals surface area contributed by atoms with Crippen LogP contribution in [0.2, 0.25) is 0 Å². The minimum atomic E-state index is -0.479. The molecule has 1 amide bonds. The maximum absolute atomic E-state index is 12.2. The lowest BCUT2D eigenvalue weighted by Crippen LogP contribution is -2.22. The molecule has 4 heteroatoms. The summed E-state index contributed by atoms with van der Waals surface area (Å²) in [6.45, 7) is 0. The normalized spacial score (nSPS) is 11.5. The zero-order chi connectivity index (χ0) is 15.1. The van der Waals surface area contributed by atoms with E-state index in [1.165, 1.54) is 0 Å². The average molecular weight is 289 g/mol. The second-order valence-corrected chi connectivity index (χ2v) is 5.41. The quantitative estimate of drug-likeness (QED) is 0.532. The van der Waals surface area contributed by atoms with Gasteiger partial charge in [0.25, 0.3) is 0 Å². The molecule has 0 atom stereocenters. The first-order valence-corrected chi connectivity index (χ1v) is 7.17. The van der Waals surface area contributed by atoms with Crippen LogP contribution in [-0.2, 0) is 4.79 Å². The molecule has 4 nitrogen and oxygen atoms in total. The van der Waals surface area contributed by atoms with Gasteiger partial charge >= 0.3 is 0 Å². The first kappa shape index (κ1) is 12.7. The maximum atomic E-state index is 12.2. The summed E-state index contributed by atoms with van der Waals surface area (Å²) >= 11 is 0. The smallest absolute Gasteiger partial charge is 0.229 e. The van der Waals surface area contributed by atoms with Crippen LogP contribution in [0, 0.1) is 0 Å². The summed E-state index contributed by atoms with van der Waals surface area (Å²) in [7, 11) is 0. The molecule has 2 aromatic carbocycles. The zero-order valence-electron chi connectivity index (χ0n) is 11.8. The van der Waals surface area contributed by atoms with Gasteiger partial charge in [-0.15, -0.1) is 0 Å². The van der Waals surface area contributed by atoms with E-state index in [9.17, 15) is 4.79 Å². The molecule has 0 unspecified atom stereocenters. The highest BCUT2D eigenvalue weighted by Crippen LogP contribution is 2.34. The zero-order valence-corrected chi connectivity index (χ0v) is 11.8. The fraction of sp³-hybridized carbons (Fsp3) is 0.0556. The molecule has 2 aromatic heterocycles. The Morgan fingerprint density at radius 1 is 0.818 bits per heavy atom. The molecule has 4 aromatic rings. The summed E-state index contributed by atoms with van der Waals surface area (Å²) < 4.78 is 0. The summed E-state index contributed by atoms with van der Waals surface area (Å²) in [4.78, 5) is 18.6. The van der Waals surface area contributed by atoms with E-state index < -0.39 is 5.92 Å². The van der Waals surface area contributed by atoms with Gasteiger partial charge in [-0.25, -0.2) is 0 Å². The molecule has 0 spiro atoms. The molecule has 2 heterocycles. The third kappa shape index (κ3) is 1.81. The predicted molar refractivity (Wildman–Crippen MR) is 87.6 cm³/mol. The van der Waals surface area contributed by atoms with E-state index in [4.69, 9.17) is 5.73 Å². The molecule has 0 bridgehead atoms. The lowest BCUT2D eigenvalue weighted by Gasteiger charge is -2.12. The van der Waals surface area contributed by atoms with Crippen molar-refractivity contribution in [2.75, 3.05) is 0 Å². The SMILES string of the molecule is NC(=O)C(c1c[nH]c2ccccc12)c1c[nH]c2ccccc12. The number of aromatic amines is 2. The van der Waals surface area contributed by atoms with Crippen LogP contribution in [0.3, 0.4) is 0 Å². The number of hydrogen-bond donors (Lipinski definition) is 3. The largest absolute Gasteiger partial charge is 0.369 e. The van der Waals surface area contributed by atoms with Gasteiger partial charge in [0.05, 0.1) is 5.92 Å². The molecule has 0 saturated carbocycles. The molecule has 4 rings (SSSR count). The van der Waals surface area contributed by atoms with Gasteiger partial charge in [-0.2, -0.15) is 0 Å². The number of rotatable bonds is 3. The van der Waals surface area contributed by atoms with E-state index in [1.54, 1.807) is 0 Å². The van der Waals surface area contributed by atoms with Crippen molar-refractivity contribution in [3.05, 3.63) is 72.1 Å². The first-order valence-electron chi connectivity index (χ1n) is 7.17. The number of hydrogen-bond acceptors (Lipinski definition) is 1. The van der Waals surface area contributed by atoms with Gasteiger partial charge in [-0.05, 0) is 23.3 Å². The second-order valence-electron chi connectivity index (χ2n) is 5.41. The van der Waals surface area contributed by atoms with Crippen molar-refractivity contribution < 1.29 is 4.79 Å². The molecule has 0 aliphatic rings. The maximum Gasteiger partial charge on any atom is 0.229 e. The Kier molecular flexibility index (Phi) is 2.76. The van der Waals surface area contributed by atoms with Crippen molar-refractivity contribution in [1.29, 1.82) is 0 Å². The van der Waals surface area contributed by atoms with Crippen LogP contribution in [0.5, 0.6) is 0 Å². The summed E-state index contributed by atoms with van der Waals surface area (Å²) in [5, 5.41) is 2.05. The standard InChI is InChI=1S/C18H15N3O/c19-18(22)17(13-9-20-15-7-3-1-5-11(13)15)14-10-21-16-8-4-2-6-12(14)16/h1-10,17,20-21H,(H2,19,22). The van der Waals surface area contributed by atoms with Crippen LogP contribution in [0.1, 0.15) is 17.0 Å². The Balaban J connectivity index is 1.97. The van der Waals surface area contributed by atoms with E-state index in [1.807, 2.05) is 60.9 Å². The highest BCUT2D eigenvalue weighted by atomic mass is 16.1. The van der Waals surface area contributed by atoms with Crippen molar-refractivity contribution in [2.24, 2.45) is 5.73 Å². The molecule has 0 fully saturated rings. The molecule has 0 radical (unpaired) electrons. The Labute approximate surface area is 127 Å². The van der Waals surface area contributed by atoms with E-state index in [-0.39, 0.29) is 5.91 Å². The van der Waals surface area contributed by atoms with Crippen LogP contribution in [-0.4, -0.2) is 15.9 Å². The van der Waals surface area contributed by atoms with Crippen LogP contribution in [0.15, 0.2) is 60.9 Å². The predicted octanol–water partition coefficient (Wildman–Crippen LogP) is 3.27. The molecular formula is C18H15N3O. The van der Waals surface area contributed by atoms with Crippen molar-refractivity contribution in [3.63, 3.8) is 0 Å². The number of nitrogens with one attached hydrogen (secondary N) is 2. The molecule has 108 valence electrons. The van der Waals surface area contributed by atoms with Gasteiger partial charge in [0, 0.05) is 34.2 Å². The Morgan fingerprint density at radius 2 is 1.27 bits per heavy atom. The number of carbonyl (C=O) groups excluding carboxylic acids is 1. The number of fused-ring (bicyclic) bond motifs is 2. The molecule has 0 saturated heterocycles. The lowest BCUT2D eigenvalue weighted by atomic mass is 9.90. The number of aromatic nitrogens is 2. The topological polar surface area (TPSA) is 74.7 Å². The summed E-state index contributed by atoms with van der Waals surface area (Å²) in [5.74, 6) is -0.832. The van der Waals surface area contributed by atoms with Crippen molar-refractivity contribution in [3.8, 4) is 0 Å². The fourth-order valence-electron chi connectivity index (χ4n) is 3.14. The van der Waals surface area contributed by atoms with Crippen molar-refractivity contribution in [2.45, 2.75) is 5.92 Å². The molecular weight excluding hydrogens is 274 g/mol. The Hall–Kier alpha value is -3.01. The number of para-hydroxylation sites is 2. The van der Waals surface area contributed by atoms with Crippen molar-refractivity contribution in [1.82, 2.24) is 9.97 Å². The van der Waals surface area contributed by atoms with Gasteiger partial charge in [0.2, 0.25) is 5.91 Å². The number of carbonyl (C=O) groups is 1. The van der Waals surface area contributed by atoms with Gasteiger partial charge in [-0.3, -0.25) is 4.79 Å². The number of amides is 1. The van der Waals surface area contributed by atoms with Crippen LogP contribution < -0.4 is 5.73 Å². The van der Waals surface area contributed by atoms with Gasteiger partial charge in [-0.1, -0.05) is 36.4 Å². The summed E-state index contributed by atoms with van der Waals surface area (Å²) in [6.07, 6.45) is 3.75. The summed E-state index contributed by atoms with van der Waals surface area (Å²) in [5.41, 5.74) is 9.56. The minimum Gasteiger partial charge on any atom is -0.369 e. The monoisotopic (exact) mass is 289 g/mol. The van der Waals surface area contributed by atoms with Gasteiger partial charge < -0.3 is 15.7 Å². The number of H-pyrrole nitrogens is 2. The van der Waals surface area contributed by atoms with E-state index in [0.717, 1.165) is 32.9 Å². The average Bonchev–Trinajstić information content (AvgIpc) is 3.13. The fourth-order valence-corrected chi connectivity index (χ4v) is 3.14. The van der Waals surface area contributed by atoms with Crippen LogP contribution in [0.4, 0.5) is 0 Å². The molecule has 22 heavy (non-hydrogen) atoms. The minimum absolute atomic E-state index is 0.352. The van der Waals surface area contributed by atoms with Crippen LogP contribution in [0.25, 0.3) is 21.8 Å². The highest BCUT2D eigenvalue weighted by Gasteiger charge is 2.25. The van der Waals surface area contributed by atoms with Gasteiger partial charge in [0.15, 0.2) is 0 Å². The summed E-state index contributed by atoms with van der Waals surface area (Å²) in [6, 6.07) is 15.9. The third-order valence-corrected chi connectivity index (χ3v) is 4.15. The van der Waals surface area contributed by atoms with E-state index in [2.05, 4.69) is 9.97 Å². The Morgan fingerprint density at radius 3 is 1.73 bits per heavy atom. The van der Waals surface area contributed by atoms with Crippen molar-refractivity contribution >= 4 is 27.7 Å². The Bertz CT molecular complexity index is 906. The number of primary amides is 1. The number of nitrogens with two attached hydrogens (primary N) is 1. The van der Waals surface area contributed by atoms with Crippen LogP contribution >= 0.6 is 0 Å². The van der Waals surface area contributed by atoms with E-state index in [0.29, 0.717) is 0 Å². The molecule has 4 N–H and O–H groups in total. The number of benzene rings is 2. The van der Waals surface area contributed by atoms with E-state index >= 15 is 0 Å². The highest BCUT2D eigenvalue weighted by molar-refractivity contribution is 5.97. The molecule has 0 aliphatic carbocycles. The molecule has 0 aliphatic heterocycles. The lowest BCUT2D eigenvalue weighted by molar-refractivity contribution is -0.118. The second kappa shape index (κ2) is 4.77. The third-order valence-electron chi connectivity index (χ3n) is 4.15. The first-order chi connectivity index (χ1) is 10.8.